The Balaban J connectivity index is 1.69. The van der Waals surface area contributed by atoms with Crippen molar-refractivity contribution in [3.8, 4) is 17.1 Å². The molecule has 9 heteroatoms. The van der Waals surface area contributed by atoms with Gasteiger partial charge in [-0.05, 0) is 36.4 Å². The van der Waals surface area contributed by atoms with Crippen molar-refractivity contribution >= 4 is 51.5 Å². The lowest BCUT2D eigenvalue weighted by Gasteiger charge is -2.02. The molecule has 132 valence electrons. The SMILES string of the molecule is Clc1cccc(-n2ncc3c2ncn2nc(-c4ccc(Cl)c(Cl)c4)nc32)c1. The summed E-state index contributed by atoms with van der Waals surface area (Å²) in [5, 5.41) is 11.3. The predicted molar refractivity (Wildman–Crippen MR) is 106 cm³/mol. The Morgan fingerprint density at radius 1 is 0.889 bits per heavy atom. The molecule has 0 aliphatic heterocycles. The van der Waals surface area contributed by atoms with Crippen molar-refractivity contribution in [2.45, 2.75) is 0 Å². The maximum absolute atomic E-state index is 6.11. The summed E-state index contributed by atoms with van der Waals surface area (Å²) in [7, 11) is 0. The molecule has 0 aliphatic rings. The van der Waals surface area contributed by atoms with Gasteiger partial charge in [0.25, 0.3) is 0 Å². The van der Waals surface area contributed by atoms with Gasteiger partial charge in [0.1, 0.15) is 6.33 Å². The van der Waals surface area contributed by atoms with Crippen LogP contribution in [-0.4, -0.2) is 29.4 Å². The third-order valence-electron chi connectivity index (χ3n) is 4.14. The van der Waals surface area contributed by atoms with Crippen LogP contribution in [0.4, 0.5) is 0 Å². The van der Waals surface area contributed by atoms with E-state index in [1.165, 1.54) is 0 Å². The second-order valence-corrected chi connectivity index (χ2v) is 7.10. The monoisotopic (exact) mass is 414 g/mol. The second kappa shape index (κ2) is 6.20. The molecular weight excluding hydrogens is 407 g/mol. The van der Waals surface area contributed by atoms with Crippen molar-refractivity contribution < 1.29 is 0 Å². The molecule has 6 nitrogen and oxygen atoms in total. The van der Waals surface area contributed by atoms with Crippen molar-refractivity contribution in [2.75, 3.05) is 0 Å². The van der Waals surface area contributed by atoms with Crippen LogP contribution in [0.1, 0.15) is 0 Å². The number of aromatic nitrogens is 6. The van der Waals surface area contributed by atoms with E-state index in [2.05, 4.69) is 20.2 Å². The minimum Gasteiger partial charge on any atom is -0.216 e. The van der Waals surface area contributed by atoms with Crippen LogP contribution in [0.2, 0.25) is 15.1 Å². The van der Waals surface area contributed by atoms with Crippen molar-refractivity contribution in [3.63, 3.8) is 0 Å². The highest BCUT2D eigenvalue weighted by molar-refractivity contribution is 6.42. The van der Waals surface area contributed by atoms with Gasteiger partial charge in [0.15, 0.2) is 17.1 Å². The van der Waals surface area contributed by atoms with Crippen LogP contribution >= 0.6 is 34.8 Å². The molecule has 0 spiro atoms. The van der Waals surface area contributed by atoms with Gasteiger partial charge in [-0.25, -0.2) is 19.2 Å². The van der Waals surface area contributed by atoms with Crippen LogP contribution in [0.5, 0.6) is 0 Å². The molecule has 0 amide bonds. The molecule has 3 heterocycles. The normalized spacial score (nSPS) is 11.5. The fourth-order valence-electron chi connectivity index (χ4n) is 2.88. The van der Waals surface area contributed by atoms with Crippen LogP contribution in [0.3, 0.4) is 0 Å². The van der Waals surface area contributed by atoms with Gasteiger partial charge in [0.2, 0.25) is 0 Å². The highest BCUT2D eigenvalue weighted by Crippen LogP contribution is 2.28. The van der Waals surface area contributed by atoms with Crippen LogP contribution < -0.4 is 0 Å². The summed E-state index contributed by atoms with van der Waals surface area (Å²) in [6, 6.07) is 12.7. The lowest BCUT2D eigenvalue weighted by molar-refractivity contribution is 0.882. The topological polar surface area (TPSA) is 60.9 Å². The third-order valence-corrected chi connectivity index (χ3v) is 5.11. The van der Waals surface area contributed by atoms with Gasteiger partial charge >= 0.3 is 0 Å². The molecule has 0 saturated carbocycles. The fraction of sp³-hybridized carbons (Fsp3) is 0. The molecule has 5 rings (SSSR count). The molecule has 0 saturated heterocycles. The van der Waals surface area contributed by atoms with E-state index in [9.17, 15) is 0 Å². The van der Waals surface area contributed by atoms with Gasteiger partial charge in [-0.2, -0.15) is 5.10 Å². The molecule has 0 fully saturated rings. The van der Waals surface area contributed by atoms with Crippen molar-refractivity contribution in [2.24, 2.45) is 0 Å². The van der Waals surface area contributed by atoms with Gasteiger partial charge in [-0.1, -0.05) is 40.9 Å². The maximum atomic E-state index is 6.11. The molecule has 5 aromatic rings. The summed E-state index contributed by atoms with van der Waals surface area (Å²) in [6.07, 6.45) is 3.32. The summed E-state index contributed by atoms with van der Waals surface area (Å²) in [6.45, 7) is 0. The Morgan fingerprint density at radius 3 is 2.59 bits per heavy atom. The first kappa shape index (κ1) is 16.5. The standard InChI is InChI=1S/C18H9Cl3N6/c19-11-2-1-3-12(7-11)27-17-13(8-23-27)18-24-16(25-26(18)9-22-17)10-4-5-14(20)15(21)6-10/h1-9H. The van der Waals surface area contributed by atoms with Crippen molar-refractivity contribution in [1.29, 1.82) is 0 Å². The zero-order valence-electron chi connectivity index (χ0n) is 13.5. The van der Waals surface area contributed by atoms with E-state index in [4.69, 9.17) is 34.8 Å². The molecule has 0 aliphatic carbocycles. The Bertz CT molecular complexity index is 1320. The number of hydrogen-bond acceptors (Lipinski definition) is 4. The average Bonchev–Trinajstić information content (AvgIpc) is 3.27. The van der Waals surface area contributed by atoms with E-state index in [0.717, 1.165) is 16.6 Å². The lowest BCUT2D eigenvalue weighted by Crippen LogP contribution is -1.98. The van der Waals surface area contributed by atoms with Gasteiger partial charge in [0, 0.05) is 10.6 Å². The molecule has 27 heavy (non-hydrogen) atoms. The van der Waals surface area contributed by atoms with Gasteiger partial charge in [0.05, 0.1) is 27.3 Å². The summed E-state index contributed by atoms with van der Waals surface area (Å²) >= 11 is 18.2. The van der Waals surface area contributed by atoms with Crippen LogP contribution in [-0.2, 0) is 0 Å². The second-order valence-electron chi connectivity index (χ2n) is 5.85. The highest BCUT2D eigenvalue weighted by Gasteiger charge is 2.15. The van der Waals surface area contributed by atoms with E-state index in [0.29, 0.717) is 32.2 Å². The molecule has 2 aromatic carbocycles. The lowest BCUT2D eigenvalue weighted by atomic mass is 10.2. The smallest absolute Gasteiger partial charge is 0.182 e. The Morgan fingerprint density at radius 2 is 1.78 bits per heavy atom. The molecule has 0 bridgehead atoms. The molecular formula is C18H9Cl3N6. The molecule has 0 atom stereocenters. The zero-order valence-corrected chi connectivity index (χ0v) is 15.8. The number of hydrogen-bond donors (Lipinski definition) is 0. The summed E-state index contributed by atoms with van der Waals surface area (Å²) in [5.41, 5.74) is 2.90. The summed E-state index contributed by atoms with van der Waals surface area (Å²) < 4.78 is 3.33. The maximum Gasteiger partial charge on any atom is 0.182 e. The number of benzene rings is 2. The minimum absolute atomic E-state index is 0.449. The number of nitrogens with zero attached hydrogens (tertiary/aromatic N) is 6. The first-order chi connectivity index (χ1) is 13.1. The van der Waals surface area contributed by atoms with Gasteiger partial charge < -0.3 is 0 Å². The van der Waals surface area contributed by atoms with Gasteiger partial charge in [-0.15, -0.1) is 5.10 Å². The average molecular weight is 416 g/mol. The molecule has 0 N–H and O–H groups in total. The van der Waals surface area contributed by atoms with Crippen molar-refractivity contribution in [3.05, 3.63) is 70.1 Å². The van der Waals surface area contributed by atoms with Crippen LogP contribution in [0.25, 0.3) is 33.8 Å². The summed E-state index contributed by atoms with van der Waals surface area (Å²) in [4.78, 5) is 9.12. The first-order valence-electron chi connectivity index (χ1n) is 7.90. The van der Waals surface area contributed by atoms with Crippen LogP contribution in [0.15, 0.2) is 55.0 Å². The molecule has 3 aromatic heterocycles. The van der Waals surface area contributed by atoms with E-state index in [-0.39, 0.29) is 0 Å². The summed E-state index contributed by atoms with van der Waals surface area (Å²) in [5.74, 6) is 0.526. The zero-order chi connectivity index (χ0) is 18.5. The van der Waals surface area contributed by atoms with E-state index in [1.54, 1.807) is 33.9 Å². The minimum atomic E-state index is 0.449. The number of rotatable bonds is 2. The van der Waals surface area contributed by atoms with Crippen molar-refractivity contribution in [1.82, 2.24) is 29.4 Å². The Hall–Kier alpha value is -2.67. The number of halogens is 3. The van der Waals surface area contributed by atoms with E-state index >= 15 is 0 Å². The first-order valence-corrected chi connectivity index (χ1v) is 9.04. The van der Waals surface area contributed by atoms with Gasteiger partial charge in [-0.3, -0.25) is 0 Å². The largest absolute Gasteiger partial charge is 0.216 e. The van der Waals surface area contributed by atoms with Crippen LogP contribution in [0, 0.1) is 0 Å². The fourth-order valence-corrected chi connectivity index (χ4v) is 3.36. The molecule has 0 unspecified atom stereocenters. The van der Waals surface area contributed by atoms with E-state index in [1.807, 2.05) is 30.3 Å². The molecule has 0 radical (unpaired) electrons. The highest BCUT2D eigenvalue weighted by atomic mass is 35.5. The Labute approximate surface area is 167 Å². The predicted octanol–water partition coefficient (Wildman–Crippen LogP) is 5.09. The number of fused-ring (bicyclic) bond motifs is 3. The Kier molecular flexibility index (Phi) is 3.79. The third kappa shape index (κ3) is 2.73. The quantitative estimate of drug-likeness (QED) is 0.403. The van der Waals surface area contributed by atoms with E-state index < -0.39 is 0 Å².